The van der Waals surface area contributed by atoms with Crippen molar-refractivity contribution in [3.63, 3.8) is 0 Å². The van der Waals surface area contributed by atoms with Gasteiger partial charge in [-0.25, -0.2) is 0 Å². The molecule has 0 N–H and O–H groups in total. The van der Waals surface area contributed by atoms with Crippen molar-refractivity contribution in [1.82, 2.24) is 9.88 Å². The van der Waals surface area contributed by atoms with Crippen molar-refractivity contribution >= 4 is 17.5 Å². The normalized spacial score (nSPS) is 10.3. The SMILES string of the molecule is COCCN(CCCl)C(=O)c1ccnc(C)c1. The topological polar surface area (TPSA) is 42.4 Å². The Bertz CT molecular complexity index is 371. The minimum atomic E-state index is -0.0341. The van der Waals surface area contributed by atoms with Gasteiger partial charge in [-0.05, 0) is 19.1 Å². The van der Waals surface area contributed by atoms with Gasteiger partial charge in [-0.1, -0.05) is 0 Å². The van der Waals surface area contributed by atoms with Gasteiger partial charge in [-0.15, -0.1) is 11.6 Å². The number of carbonyl (C=O) groups is 1. The van der Waals surface area contributed by atoms with E-state index in [2.05, 4.69) is 4.98 Å². The van der Waals surface area contributed by atoms with Gasteiger partial charge in [0.25, 0.3) is 5.91 Å². The fourth-order valence-electron chi connectivity index (χ4n) is 1.48. The number of nitrogens with zero attached hydrogens (tertiary/aromatic N) is 2. The summed E-state index contributed by atoms with van der Waals surface area (Å²) in [5.41, 5.74) is 1.46. The molecule has 0 saturated carbocycles. The number of ether oxygens (including phenoxy) is 1. The zero-order valence-electron chi connectivity index (χ0n) is 10.1. The number of alkyl halides is 1. The molecule has 0 radical (unpaired) electrons. The van der Waals surface area contributed by atoms with E-state index in [1.165, 1.54) is 0 Å². The number of hydrogen-bond acceptors (Lipinski definition) is 3. The van der Waals surface area contributed by atoms with Crippen LogP contribution in [0.3, 0.4) is 0 Å². The van der Waals surface area contributed by atoms with E-state index in [0.29, 0.717) is 31.1 Å². The summed E-state index contributed by atoms with van der Waals surface area (Å²) in [5, 5.41) is 0. The Morgan fingerprint density at radius 3 is 2.88 bits per heavy atom. The Kier molecular flexibility index (Phi) is 5.94. The van der Waals surface area contributed by atoms with Gasteiger partial charge < -0.3 is 9.64 Å². The fraction of sp³-hybridized carbons (Fsp3) is 0.500. The van der Waals surface area contributed by atoms with Crippen LogP contribution < -0.4 is 0 Å². The monoisotopic (exact) mass is 256 g/mol. The number of pyridine rings is 1. The molecule has 4 nitrogen and oxygen atoms in total. The molecule has 1 rings (SSSR count). The number of amides is 1. The van der Waals surface area contributed by atoms with E-state index in [1.807, 2.05) is 6.92 Å². The van der Waals surface area contributed by atoms with Crippen molar-refractivity contribution < 1.29 is 9.53 Å². The molecule has 0 aliphatic carbocycles. The Labute approximate surface area is 107 Å². The Hall–Kier alpha value is -1.13. The maximum absolute atomic E-state index is 12.2. The molecule has 94 valence electrons. The van der Waals surface area contributed by atoms with Crippen LogP contribution in [0.1, 0.15) is 16.1 Å². The molecule has 1 heterocycles. The molecule has 0 atom stereocenters. The predicted octanol–water partition coefficient (Wildman–Crippen LogP) is 1.72. The van der Waals surface area contributed by atoms with Crippen molar-refractivity contribution in [1.29, 1.82) is 0 Å². The molecule has 1 aromatic heterocycles. The number of aryl methyl sites for hydroxylation is 1. The van der Waals surface area contributed by atoms with Crippen LogP contribution in [-0.2, 0) is 4.74 Å². The number of hydrogen-bond donors (Lipinski definition) is 0. The maximum atomic E-state index is 12.2. The van der Waals surface area contributed by atoms with E-state index in [9.17, 15) is 4.79 Å². The van der Waals surface area contributed by atoms with Gasteiger partial charge in [0.15, 0.2) is 0 Å². The first kappa shape index (κ1) is 13.9. The zero-order chi connectivity index (χ0) is 12.7. The Morgan fingerprint density at radius 1 is 1.53 bits per heavy atom. The molecule has 1 amide bonds. The van der Waals surface area contributed by atoms with Crippen molar-refractivity contribution in [2.24, 2.45) is 0 Å². The van der Waals surface area contributed by atoms with E-state index >= 15 is 0 Å². The molecule has 0 saturated heterocycles. The van der Waals surface area contributed by atoms with E-state index < -0.39 is 0 Å². The lowest BCUT2D eigenvalue weighted by Crippen LogP contribution is -2.35. The largest absolute Gasteiger partial charge is 0.383 e. The summed E-state index contributed by atoms with van der Waals surface area (Å²) in [7, 11) is 1.61. The summed E-state index contributed by atoms with van der Waals surface area (Å²) in [4.78, 5) is 17.9. The van der Waals surface area contributed by atoms with Crippen molar-refractivity contribution in [3.05, 3.63) is 29.6 Å². The average molecular weight is 257 g/mol. The highest BCUT2D eigenvalue weighted by molar-refractivity contribution is 6.18. The van der Waals surface area contributed by atoms with Gasteiger partial charge in [0.1, 0.15) is 0 Å². The fourth-order valence-corrected chi connectivity index (χ4v) is 1.68. The molecule has 0 aromatic carbocycles. The summed E-state index contributed by atoms with van der Waals surface area (Å²) < 4.78 is 4.98. The van der Waals surface area contributed by atoms with Gasteiger partial charge in [0.2, 0.25) is 0 Å². The standard InChI is InChI=1S/C12H17ClN2O2/c1-10-9-11(3-5-14-10)12(16)15(6-4-13)7-8-17-2/h3,5,9H,4,6-8H2,1-2H3. The number of aromatic nitrogens is 1. The van der Waals surface area contributed by atoms with Gasteiger partial charge >= 0.3 is 0 Å². The van der Waals surface area contributed by atoms with E-state index in [0.717, 1.165) is 5.69 Å². The van der Waals surface area contributed by atoms with E-state index in [1.54, 1.807) is 30.3 Å². The first-order valence-electron chi connectivity index (χ1n) is 5.46. The predicted molar refractivity (Wildman–Crippen MR) is 67.5 cm³/mol. The van der Waals surface area contributed by atoms with E-state index in [4.69, 9.17) is 16.3 Å². The van der Waals surface area contributed by atoms with Gasteiger partial charge in [0.05, 0.1) is 6.61 Å². The highest BCUT2D eigenvalue weighted by Gasteiger charge is 2.14. The van der Waals surface area contributed by atoms with Crippen molar-refractivity contribution in [2.75, 3.05) is 32.7 Å². The molecule has 0 aliphatic rings. The third kappa shape index (κ3) is 4.32. The lowest BCUT2D eigenvalue weighted by atomic mass is 10.2. The second-order valence-electron chi connectivity index (χ2n) is 3.66. The van der Waals surface area contributed by atoms with Gasteiger partial charge in [-0.3, -0.25) is 9.78 Å². The summed E-state index contributed by atoms with van der Waals surface area (Å²) in [6, 6.07) is 3.49. The van der Waals surface area contributed by atoms with Crippen molar-refractivity contribution in [3.8, 4) is 0 Å². The van der Waals surface area contributed by atoms with Crippen LogP contribution in [0.25, 0.3) is 0 Å². The lowest BCUT2D eigenvalue weighted by Gasteiger charge is -2.21. The molecular weight excluding hydrogens is 240 g/mol. The van der Waals surface area contributed by atoms with Crippen LogP contribution in [0.15, 0.2) is 18.3 Å². The number of methoxy groups -OCH3 is 1. The minimum absolute atomic E-state index is 0.0341. The first-order valence-corrected chi connectivity index (χ1v) is 5.99. The summed E-state index contributed by atoms with van der Waals surface area (Å²) in [5.74, 6) is 0.382. The summed E-state index contributed by atoms with van der Waals surface area (Å²) >= 11 is 5.69. The summed E-state index contributed by atoms with van der Waals surface area (Å²) in [6.07, 6.45) is 1.64. The van der Waals surface area contributed by atoms with Crippen LogP contribution >= 0.6 is 11.6 Å². The Morgan fingerprint density at radius 2 is 2.29 bits per heavy atom. The molecular formula is C12H17ClN2O2. The smallest absolute Gasteiger partial charge is 0.254 e. The van der Waals surface area contributed by atoms with E-state index in [-0.39, 0.29) is 5.91 Å². The second-order valence-corrected chi connectivity index (χ2v) is 4.04. The molecule has 0 spiro atoms. The number of rotatable bonds is 6. The molecule has 0 bridgehead atoms. The van der Waals surface area contributed by atoms with Crippen LogP contribution in [0.4, 0.5) is 0 Å². The summed E-state index contributed by atoms with van der Waals surface area (Å²) in [6.45, 7) is 3.43. The molecule has 17 heavy (non-hydrogen) atoms. The van der Waals surface area contributed by atoms with Crippen LogP contribution in [-0.4, -0.2) is 48.5 Å². The van der Waals surface area contributed by atoms with Crippen LogP contribution in [0.5, 0.6) is 0 Å². The molecule has 5 heteroatoms. The molecule has 0 aliphatic heterocycles. The van der Waals surface area contributed by atoms with Gasteiger partial charge in [0, 0.05) is 43.5 Å². The van der Waals surface area contributed by atoms with Crippen molar-refractivity contribution in [2.45, 2.75) is 6.92 Å². The maximum Gasteiger partial charge on any atom is 0.254 e. The number of carbonyl (C=O) groups excluding carboxylic acids is 1. The average Bonchev–Trinajstić information content (AvgIpc) is 2.33. The first-order chi connectivity index (χ1) is 8.19. The highest BCUT2D eigenvalue weighted by atomic mass is 35.5. The zero-order valence-corrected chi connectivity index (χ0v) is 10.9. The minimum Gasteiger partial charge on any atom is -0.383 e. The molecule has 0 unspecified atom stereocenters. The third-order valence-electron chi connectivity index (χ3n) is 2.35. The lowest BCUT2D eigenvalue weighted by molar-refractivity contribution is 0.0707. The Balaban J connectivity index is 2.76. The molecule has 1 aromatic rings. The van der Waals surface area contributed by atoms with Crippen LogP contribution in [0, 0.1) is 6.92 Å². The second kappa shape index (κ2) is 7.25. The quantitative estimate of drug-likeness (QED) is 0.728. The van der Waals surface area contributed by atoms with Crippen LogP contribution in [0.2, 0.25) is 0 Å². The highest BCUT2D eigenvalue weighted by Crippen LogP contribution is 2.06. The van der Waals surface area contributed by atoms with Gasteiger partial charge in [-0.2, -0.15) is 0 Å². The third-order valence-corrected chi connectivity index (χ3v) is 2.52. The number of halogens is 1. The molecule has 0 fully saturated rings.